The Labute approximate surface area is 108 Å². The lowest BCUT2D eigenvalue weighted by atomic mass is 10.1. The van der Waals surface area contributed by atoms with E-state index in [4.69, 9.17) is 4.74 Å². The molecule has 0 bridgehead atoms. The number of ether oxygens (including phenoxy) is 1. The number of hydrogen-bond donors (Lipinski definition) is 0. The van der Waals surface area contributed by atoms with Gasteiger partial charge in [0.15, 0.2) is 5.78 Å². The lowest BCUT2D eigenvalue weighted by molar-refractivity contribution is 0.101. The second-order valence-corrected chi connectivity index (χ2v) is 4.58. The van der Waals surface area contributed by atoms with E-state index >= 15 is 0 Å². The zero-order valence-electron chi connectivity index (χ0n) is 11.0. The van der Waals surface area contributed by atoms with Gasteiger partial charge in [-0.3, -0.25) is 4.79 Å². The first-order valence-corrected chi connectivity index (χ1v) is 6.33. The van der Waals surface area contributed by atoms with Crippen LogP contribution in [0.3, 0.4) is 0 Å². The van der Waals surface area contributed by atoms with Gasteiger partial charge < -0.3 is 9.64 Å². The number of ketones is 1. The van der Waals surface area contributed by atoms with Gasteiger partial charge in [-0.25, -0.2) is 0 Å². The number of rotatable bonds is 4. The second-order valence-electron chi connectivity index (χ2n) is 4.58. The van der Waals surface area contributed by atoms with Crippen LogP contribution in [-0.2, 0) is 0 Å². The van der Waals surface area contributed by atoms with Crippen LogP contribution >= 0.6 is 0 Å². The molecule has 1 aliphatic heterocycles. The number of carbonyl (C=O) groups excluding carboxylic acids is 1. The van der Waals surface area contributed by atoms with Crippen molar-refractivity contribution in [1.82, 2.24) is 0 Å². The summed E-state index contributed by atoms with van der Waals surface area (Å²) in [5, 5.41) is 0. The molecular weight excluding hydrogens is 226 g/mol. The monoisotopic (exact) mass is 245 g/mol. The number of benzene rings is 1. The second kappa shape index (κ2) is 5.25. The van der Waals surface area contributed by atoms with Gasteiger partial charge in [0.1, 0.15) is 11.9 Å². The van der Waals surface area contributed by atoms with Gasteiger partial charge in [0, 0.05) is 12.1 Å². The topological polar surface area (TPSA) is 29.5 Å². The molecule has 3 heteroatoms. The van der Waals surface area contributed by atoms with Crippen LogP contribution in [0.5, 0.6) is 5.75 Å². The fourth-order valence-electron chi connectivity index (χ4n) is 2.19. The van der Waals surface area contributed by atoms with E-state index in [1.54, 1.807) is 6.92 Å². The highest BCUT2D eigenvalue weighted by Gasteiger charge is 2.24. The van der Waals surface area contributed by atoms with Crippen LogP contribution in [0.1, 0.15) is 30.6 Å². The first-order valence-electron chi connectivity index (χ1n) is 6.33. The van der Waals surface area contributed by atoms with Crippen molar-refractivity contribution in [3.05, 3.63) is 36.4 Å². The Morgan fingerprint density at radius 3 is 3.00 bits per heavy atom. The van der Waals surface area contributed by atoms with Crippen LogP contribution in [0.25, 0.3) is 0 Å². The summed E-state index contributed by atoms with van der Waals surface area (Å²) in [4.78, 5) is 13.7. The minimum atomic E-state index is 0.0777. The van der Waals surface area contributed by atoms with Crippen molar-refractivity contribution in [3.63, 3.8) is 0 Å². The van der Waals surface area contributed by atoms with E-state index in [1.807, 2.05) is 24.3 Å². The summed E-state index contributed by atoms with van der Waals surface area (Å²) < 4.78 is 5.91. The Morgan fingerprint density at radius 2 is 2.39 bits per heavy atom. The maximum atomic E-state index is 11.4. The molecule has 96 valence electrons. The van der Waals surface area contributed by atoms with Gasteiger partial charge in [-0.1, -0.05) is 13.0 Å². The van der Waals surface area contributed by atoms with Crippen LogP contribution in [0.15, 0.2) is 30.9 Å². The molecular formula is C15H19NO2. The third-order valence-corrected chi connectivity index (χ3v) is 3.23. The first-order chi connectivity index (χ1) is 8.65. The lowest BCUT2D eigenvalue weighted by Crippen LogP contribution is -2.39. The molecule has 3 nitrogen and oxygen atoms in total. The molecule has 1 aromatic carbocycles. The van der Waals surface area contributed by atoms with Gasteiger partial charge in [-0.05, 0) is 31.5 Å². The molecule has 0 amide bonds. The van der Waals surface area contributed by atoms with Gasteiger partial charge in [-0.2, -0.15) is 0 Å². The normalized spacial score (nSPS) is 17.9. The highest BCUT2D eigenvalue weighted by atomic mass is 16.5. The Balaban J connectivity index is 2.39. The number of anilines is 1. The van der Waals surface area contributed by atoms with Crippen molar-refractivity contribution in [2.45, 2.75) is 26.4 Å². The van der Waals surface area contributed by atoms with E-state index < -0.39 is 0 Å². The molecule has 1 heterocycles. The summed E-state index contributed by atoms with van der Waals surface area (Å²) in [6.45, 7) is 9.10. The number of fused-ring (bicyclic) bond motifs is 1. The molecule has 0 saturated carbocycles. The van der Waals surface area contributed by atoms with Crippen molar-refractivity contribution in [2.75, 3.05) is 18.0 Å². The van der Waals surface area contributed by atoms with Crippen LogP contribution < -0.4 is 9.64 Å². The molecule has 0 spiro atoms. The fraction of sp³-hybridized carbons (Fsp3) is 0.400. The average Bonchev–Trinajstić information content (AvgIpc) is 2.38. The molecule has 1 atom stereocenters. The zero-order chi connectivity index (χ0) is 13.1. The summed E-state index contributed by atoms with van der Waals surface area (Å²) in [6, 6.07) is 5.63. The highest BCUT2D eigenvalue weighted by molar-refractivity contribution is 5.95. The van der Waals surface area contributed by atoms with Crippen molar-refractivity contribution in [3.8, 4) is 5.75 Å². The Bertz CT molecular complexity index is 468. The maximum Gasteiger partial charge on any atom is 0.159 e. The molecule has 1 aliphatic rings. The summed E-state index contributed by atoms with van der Waals surface area (Å²) in [5.74, 6) is 0.939. The molecule has 1 unspecified atom stereocenters. The van der Waals surface area contributed by atoms with E-state index in [0.29, 0.717) is 0 Å². The van der Waals surface area contributed by atoms with Crippen molar-refractivity contribution in [1.29, 1.82) is 0 Å². The SMILES string of the molecule is C=CCN1CC(CC)Oc2ccc(C(C)=O)cc21. The first kappa shape index (κ1) is 12.7. The minimum Gasteiger partial charge on any atom is -0.486 e. The maximum absolute atomic E-state index is 11.4. The molecule has 18 heavy (non-hydrogen) atoms. The molecule has 0 fully saturated rings. The molecule has 2 rings (SSSR count). The minimum absolute atomic E-state index is 0.0777. The predicted octanol–water partition coefficient (Wildman–Crippen LogP) is 3.05. The van der Waals surface area contributed by atoms with Crippen LogP contribution in [0.2, 0.25) is 0 Å². The van der Waals surface area contributed by atoms with Gasteiger partial charge in [0.2, 0.25) is 0 Å². The van der Waals surface area contributed by atoms with Crippen LogP contribution in [0, 0.1) is 0 Å². The summed E-state index contributed by atoms with van der Waals surface area (Å²) >= 11 is 0. The van der Waals surface area contributed by atoms with Crippen LogP contribution in [0.4, 0.5) is 5.69 Å². The van der Waals surface area contributed by atoms with E-state index in [0.717, 1.165) is 36.5 Å². The van der Waals surface area contributed by atoms with E-state index in [-0.39, 0.29) is 11.9 Å². The lowest BCUT2D eigenvalue weighted by Gasteiger charge is -2.35. The van der Waals surface area contributed by atoms with Crippen LogP contribution in [-0.4, -0.2) is 25.0 Å². The van der Waals surface area contributed by atoms with Crippen molar-refractivity contribution in [2.24, 2.45) is 0 Å². The Kier molecular flexibility index (Phi) is 3.70. The number of Topliss-reactive ketones (excluding diaryl/α,β-unsaturated/α-hetero) is 1. The number of nitrogens with zero attached hydrogens (tertiary/aromatic N) is 1. The van der Waals surface area contributed by atoms with Gasteiger partial charge in [0.25, 0.3) is 0 Å². The predicted molar refractivity (Wildman–Crippen MR) is 73.6 cm³/mol. The molecule has 0 saturated heterocycles. The zero-order valence-corrected chi connectivity index (χ0v) is 11.0. The number of carbonyl (C=O) groups is 1. The molecule has 0 aliphatic carbocycles. The highest BCUT2D eigenvalue weighted by Crippen LogP contribution is 2.34. The largest absolute Gasteiger partial charge is 0.486 e. The molecule has 0 N–H and O–H groups in total. The van der Waals surface area contributed by atoms with Gasteiger partial charge in [0.05, 0.1) is 12.2 Å². The fourth-order valence-corrected chi connectivity index (χ4v) is 2.19. The summed E-state index contributed by atoms with van der Waals surface area (Å²) in [6.07, 6.45) is 3.06. The quantitative estimate of drug-likeness (QED) is 0.603. The van der Waals surface area contributed by atoms with Gasteiger partial charge in [-0.15, -0.1) is 6.58 Å². The summed E-state index contributed by atoms with van der Waals surface area (Å²) in [5.41, 5.74) is 1.72. The molecule has 0 radical (unpaired) electrons. The van der Waals surface area contributed by atoms with Crippen molar-refractivity contribution >= 4 is 11.5 Å². The Hall–Kier alpha value is -1.77. The third kappa shape index (κ3) is 2.40. The molecule has 1 aromatic rings. The number of hydrogen-bond acceptors (Lipinski definition) is 3. The van der Waals surface area contributed by atoms with Crippen molar-refractivity contribution < 1.29 is 9.53 Å². The van der Waals surface area contributed by atoms with Gasteiger partial charge >= 0.3 is 0 Å². The van der Waals surface area contributed by atoms with E-state index in [1.165, 1.54) is 0 Å². The Morgan fingerprint density at radius 1 is 1.61 bits per heavy atom. The standard InChI is InChI=1S/C15H19NO2/c1-4-8-16-10-13(5-2)18-15-7-6-12(11(3)17)9-14(15)16/h4,6-7,9,13H,1,5,8,10H2,2-3H3. The smallest absolute Gasteiger partial charge is 0.159 e. The third-order valence-electron chi connectivity index (χ3n) is 3.23. The molecule has 0 aromatic heterocycles. The van der Waals surface area contributed by atoms with E-state index in [9.17, 15) is 4.79 Å². The summed E-state index contributed by atoms with van der Waals surface area (Å²) in [7, 11) is 0. The average molecular weight is 245 g/mol. The van der Waals surface area contributed by atoms with E-state index in [2.05, 4.69) is 18.4 Å².